The molecule has 6 nitrogen and oxygen atoms in total. The van der Waals surface area contributed by atoms with Gasteiger partial charge in [0, 0.05) is 11.1 Å². The van der Waals surface area contributed by atoms with Crippen molar-refractivity contribution in [1.82, 2.24) is 15.1 Å². The van der Waals surface area contributed by atoms with Gasteiger partial charge in [-0.3, -0.25) is 9.59 Å². The van der Waals surface area contributed by atoms with Gasteiger partial charge >= 0.3 is 5.97 Å². The molecule has 24 heavy (non-hydrogen) atoms. The zero-order valence-corrected chi connectivity index (χ0v) is 14.0. The van der Waals surface area contributed by atoms with Gasteiger partial charge in [0.05, 0.1) is 29.1 Å². The molecule has 2 aromatic rings. The van der Waals surface area contributed by atoms with Crippen LogP contribution in [0.5, 0.6) is 0 Å². The zero-order valence-electron chi connectivity index (χ0n) is 13.2. The van der Waals surface area contributed by atoms with E-state index in [0.29, 0.717) is 35.5 Å². The fraction of sp³-hybridized carbons (Fsp3) is 0.353. The van der Waals surface area contributed by atoms with Gasteiger partial charge in [0.15, 0.2) is 0 Å². The first kappa shape index (κ1) is 16.5. The topological polar surface area (TPSA) is 84.2 Å². The number of carbonyl (C=O) groups is 2. The molecule has 1 aliphatic carbocycles. The number of benzene rings is 1. The highest BCUT2D eigenvalue weighted by atomic mass is 35.5. The van der Waals surface area contributed by atoms with E-state index in [4.69, 9.17) is 16.7 Å². The predicted molar refractivity (Wildman–Crippen MR) is 89.5 cm³/mol. The molecule has 1 saturated carbocycles. The number of halogens is 1. The van der Waals surface area contributed by atoms with Crippen LogP contribution < -0.4 is 5.32 Å². The van der Waals surface area contributed by atoms with Gasteiger partial charge in [-0.25, -0.2) is 4.68 Å². The van der Waals surface area contributed by atoms with E-state index in [1.165, 1.54) is 6.20 Å². The third-order valence-electron chi connectivity index (χ3n) is 4.42. The molecule has 1 heterocycles. The lowest BCUT2D eigenvalue weighted by molar-refractivity contribution is -0.141. The maximum absolute atomic E-state index is 12.5. The fourth-order valence-corrected chi connectivity index (χ4v) is 3.29. The molecule has 1 aromatic heterocycles. The summed E-state index contributed by atoms with van der Waals surface area (Å²) < 4.78 is 1.66. The van der Waals surface area contributed by atoms with E-state index in [2.05, 4.69) is 10.4 Å². The van der Waals surface area contributed by atoms with Crippen LogP contribution in [-0.2, 0) is 4.79 Å². The summed E-state index contributed by atoms with van der Waals surface area (Å²) in [6.07, 6.45) is 3.28. The summed E-state index contributed by atoms with van der Waals surface area (Å²) in [7, 11) is 0. The minimum Gasteiger partial charge on any atom is -0.481 e. The SMILES string of the molecule is Cc1c(C(=O)N[C@@H]2CC[C@H](C(=O)O)C2)cnn1-c1cccc(Cl)c1. The highest BCUT2D eigenvalue weighted by Crippen LogP contribution is 2.26. The van der Waals surface area contributed by atoms with Gasteiger partial charge in [0.2, 0.25) is 0 Å². The average molecular weight is 348 g/mol. The number of rotatable bonds is 4. The van der Waals surface area contributed by atoms with Crippen LogP contribution in [0, 0.1) is 12.8 Å². The van der Waals surface area contributed by atoms with Crippen LogP contribution in [0.4, 0.5) is 0 Å². The van der Waals surface area contributed by atoms with Crippen molar-refractivity contribution in [2.75, 3.05) is 0 Å². The van der Waals surface area contributed by atoms with Crippen molar-refractivity contribution in [3.63, 3.8) is 0 Å². The maximum atomic E-state index is 12.5. The summed E-state index contributed by atoms with van der Waals surface area (Å²) in [5.41, 5.74) is 1.97. The van der Waals surface area contributed by atoms with Crippen molar-refractivity contribution < 1.29 is 14.7 Å². The Hall–Kier alpha value is -2.34. The Morgan fingerprint density at radius 1 is 1.38 bits per heavy atom. The van der Waals surface area contributed by atoms with Crippen molar-refractivity contribution >= 4 is 23.5 Å². The van der Waals surface area contributed by atoms with Gasteiger partial charge in [-0.05, 0) is 44.4 Å². The summed E-state index contributed by atoms with van der Waals surface area (Å²) in [4.78, 5) is 23.5. The molecule has 0 spiro atoms. The van der Waals surface area contributed by atoms with Gasteiger partial charge in [0.1, 0.15) is 0 Å². The smallest absolute Gasteiger partial charge is 0.306 e. The highest BCUT2D eigenvalue weighted by molar-refractivity contribution is 6.30. The number of carbonyl (C=O) groups excluding carboxylic acids is 1. The molecular formula is C17H18ClN3O3. The van der Waals surface area contributed by atoms with Crippen molar-refractivity contribution in [1.29, 1.82) is 0 Å². The van der Waals surface area contributed by atoms with Crippen molar-refractivity contribution in [3.05, 3.63) is 46.7 Å². The third kappa shape index (κ3) is 3.28. The molecule has 7 heteroatoms. The van der Waals surface area contributed by atoms with Crippen molar-refractivity contribution in [3.8, 4) is 5.69 Å². The second-order valence-corrected chi connectivity index (χ2v) is 6.49. The predicted octanol–water partition coefficient (Wildman–Crippen LogP) is 2.82. The molecule has 1 aromatic carbocycles. The van der Waals surface area contributed by atoms with Crippen LogP contribution in [-0.4, -0.2) is 32.8 Å². The van der Waals surface area contributed by atoms with E-state index in [-0.39, 0.29) is 17.9 Å². The summed E-state index contributed by atoms with van der Waals surface area (Å²) in [5, 5.41) is 16.8. The lowest BCUT2D eigenvalue weighted by Crippen LogP contribution is -2.33. The van der Waals surface area contributed by atoms with E-state index in [1.807, 2.05) is 19.1 Å². The quantitative estimate of drug-likeness (QED) is 0.890. The Morgan fingerprint density at radius 3 is 2.83 bits per heavy atom. The normalized spacial score (nSPS) is 20.1. The summed E-state index contributed by atoms with van der Waals surface area (Å²) in [6.45, 7) is 1.82. The van der Waals surface area contributed by atoms with Crippen LogP contribution in [0.1, 0.15) is 35.3 Å². The van der Waals surface area contributed by atoms with E-state index in [9.17, 15) is 9.59 Å². The molecule has 0 saturated heterocycles. The van der Waals surface area contributed by atoms with Crippen molar-refractivity contribution in [2.24, 2.45) is 5.92 Å². The minimum absolute atomic E-state index is 0.104. The van der Waals surface area contributed by atoms with E-state index >= 15 is 0 Å². The van der Waals surface area contributed by atoms with Crippen LogP contribution in [0.3, 0.4) is 0 Å². The molecule has 126 valence electrons. The Balaban J connectivity index is 1.74. The second kappa shape index (κ2) is 6.65. The fourth-order valence-electron chi connectivity index (χ4n) is 3.10. The molecule has 0 aliphatic heterocycles. The van der Waals surface area contributed by atoms with E-state index in [0.717, 1.165) is 5.69 Å². The Bertz CT molecular complexity index is 787. The highest BCUT2D eigenvalue weighted by Gasteiger charge is 2.31. The van der Waals surface area contributed by atoms with Gasteiger partial charge in [-0.1, -0.05) is 17.7 Å². The number of hydrogen-bond acceptors (Lipinski definition) is 3. The summed E-state index contributed by atoms with van der Waals surface area (Å²) in [6, 6.07) is 7.13. The van der Waals surface area contributed by atoms with E-state index < -0.39 is 5.97 Å². The van der Waals surface area contributed by atoms with E-state index in [1.54, 1.807) is 16.8 Å². The molecule has 3 rings (SSSR count). The van der Waals surface area contributed by atoms with Crippen LogP contribution >= 0.6 is 11.6 Å². The molecule has 2 atom stereocenters. The number of aromatic nitrogens is 2. The standard InChI is InChI=1S/C17H18ClN3O3/c1-10-15(9-19-21(10)14-4-2-3-12(18)8-14)16(22)20-13-6-5-11(7-13)17(23)24/h2-4,8-9,11,13H,5-7H2,1H3,(H,20,22)(H,23,24)/t11-,13+/m0/s1. The summed E-state index contributed by atoms with van der Waals surface area (Å²) in [5.74, 6) is -1.39. The number of carboxylic acid groups (broad SMARTS) is 1. The van der Waals surface area contributed by atoms with Gasteiger partial charge in [-0.2, -0.15) is 5.10 Å². The lowest BCUT2D eigenvalue weighted by atomic mass is 10.1. The molecular weight excluding hydrogens is 330 g/mol. The average Bonchev–Trinajstić information content (AvgIpc) is 3.14. The molecule has 2 N–H and O–H groups in total. The molecule has 1 amide bonds. The van der Waals surface area contributed by atoms with Crippen LogP contribution in [0.2, 0.25) is 5.02 Å². The number of hydrogen-bond donors (Lipinski definition) is 2. The first-order chi connectivity index (χ1) is 11.5. The van der Waals surface area contributed by atoms with Crippen LogP contribution in [0.25, 0.3) is 5.69 Å². The number of aliphatic carboxylic acids is 1. The first-order valence-corrected chi connectivity index (χ1v) is 8.17. The van der Waals surface area contributed by atoms with Crippen molar-refractivity contribution in [2.45, 2.75) is 32.2 Å². The first-order valence-electron chi connectivity index (χ1n) is 7.80. The van der Waals surface area contributed by atoms with Gasteiger partial charge in [-0.15, -0.1) is 0 Å². The Kier molecular flexibility index (Phi) is 4.57. The summed E-state index contributed by atoms with van der Waals surface area (Å²) >= 11 is 6.00. The molecule has 1 aliphatic rings. The van der Waals surface area contributed by atoms with Gasteiger partial charge in [0.25, 0.3) is 5.91 Å². The third-order valence-corrected chi connectivity index (χ3v) is 4.66. The minimum atomic E-state index is -0.795. The maximum Gasteiger partial charge on any atom is 0.306 e. The monoisotopic (exact) mass is 347 g/mol. The Labute approximate surface area is 144 Å². The lowest BCUT2D eigenvalue weighted by Gasteiger charge is -2.12. The zero-order chi connectivity index (χ0) is 17.3. The molecule has 0 unspecified atom stereocenters. The molecule has 1 fully saturated rings. The largest absolute Gasteiger partial charge is 0.481 e. The number of nitrogens with one attached hydrogen (secondary N) is 1. The van der Waals surface area contributed by atoms with Crippen LogP contribution in [0.15, 0.2) is 30.5 Å². The number of carboxylic acids is 1. The molecule has 0 bridgehead atoms. The Morgan fingerprint density at radius 2 is 2.17 bits per heavy atom. The number of nitrogens with zero attached hydrogens (tertiary/aromatic N) is 2. The van der Waals surface area contributed by atoms with Gasteiger partial charge < -0.3 is 10.4 Å². The second-order valence-electron chi connectivity index (χ2n) is 6.05. The number of amides is 1. The molecule has 0 radical (unpaired) electrons.